The molecule has 0 bridgehead atoms. The normalized spacial score (nSPS) is 34.2. The van der Waals surface area contributed by atoms with Gasteiger partial charge in [0.1, 0.15) is 0 Å². The Hall–Kier alpha value is -0.570. The zero-order valence-corrected chi connectivity index (χ0v) is 14.6. The van der Waals surface area contributed by atoms with E-state index in [1.165, 1.54) is 25.7 Å². The minimum Gasteiger partial charge on any atom is -0.323 e. The quantitative estimate of drug-likeness (QED) is 0.837. The van der Waals surface area contributed by atoms with Gasteiger partial charge in [0, 0.05) is 6.04 Å². The van der Waals surface area contributed by atoms with E-state index in [0.717, 1.165) is 12.8 Å². The highest BCUT2D eigenvalue weighted by molar-refractivity contribution is 5.84. The predicted molar refractivity (Wildman–Crippen MR) is 87.9 cm³/mol. The molecule has 21 heavy (non-hydrogen) atoms. The zero-order valence-electron chi connectivity index (χ0n) is 14.6. The molecule has 4 unspecified atom stereocenters. The van der Waals surface area contributed by atoms with Crippen molar-refractivity contribution in [2.45, 2.75) is 91.4 Å². The highest BCUT2D eigenvalue weighted by Gasteiger charge is 2.44. The zero-order chi connectivity index (χ0) is 15.6. The van der Waals surface area contributed by atoms with Gasteiger partial charge in [0.2, 0.25) is 5.91 Å². The summed E-state index contributed by atoms with van der Waals surface area (Å²) in [5.41, 5.74) is 0. The Bertz CT molecular complexity index is 353. The van der Waals surface area contributed by atoms with Gasteiger partial charge in [-0.3, -0.25) is 10.1 Å². The van der Waals surface area contributed by atoms with Gasteiger partial charge in [-0.05, 0) is 43.4 Å². The molecule has 1 amide bonds. The fourth-order valence-electron chi connectivity index (χ4n) is 4.30. The maximum Gasteiger partial charge on any atom is 0.241 e. The lowest BCUT2D eigenvalue weighted by Gasteiger charge is -2.42. The first-order valence-corrected chi connectivity index (χ1v) is 9.03. The molecule has 0 spiro atoms. The number of nitrogens with zero attached hydrogens (tertiary/aromatic N) is 1. The molecular weight excluding hydrogens is 260 g/mol. The van der Waals surface area contributed by atoms with E-state index < -0.39 is 0 Å². The van der Waals surface area contributed by atoms with Crippen LogP contribution in [-0.4, -0.2) is 29.1 Å². The van der Waals surface area contributed by atoms with E-state index >= 15 is 0 Å². The van der Waals surface area contributed by atoms with Gasteiger partial charge in [0.15, 0.2) is 0 Å². The van der Waals surface area contributed by atoms with E-state index in [1.54, 1.807) is 0 Å². The van der Waals surface area contributed by atoms with Gasteiger partial charge >= 0.3 is 0 Å². The SMILES string of the molecule is CCC1NC(CC(C)C)N(C2CCCCC2C(C)C)C1=O. The third kappa shape index (κ3) is 3.61. The second-order valence-electron chi connectivity index (χ2n) is 7.78. The van der Waals surface area contributed by atoms with Crippen LogP contribution in [0.15, 0.2) is 0 Å². The maximum atomic E-state index is 12.9. The summed E-state index contributed by atoms with van der Waals surface area (Å²) in [6, 6.07) is 0.502. The lowest BCUT2D eigenvalue weighted by Crippen LogP contribution is -2.50. The Morgan fingerprint density at radius 2 is 1.86 bits per heavy atom. The maximum absolute atomic E-state index is 12.9. The summed E-state index contributed by atoms with van der Waals surface area (Å²) in [6.45, 7) is 11.3. The van der Waals surface area contributed by atoms with Crippen LogP contribution in [0.2, 0.25) is 0 Å². The molecule has 2 rings (SSSR count). The van der Waals surface area contributed by atoms with Gasteiger partial charge in [0.25, 0.3) is 0 Å². The molecule has 1 aliphatic carbocycles. The summed E-state index contributed by atoms with van der Waals surface area (Å²) in [6.07, 6.45) is 7.33. The van der Waals surface area contributed by atoms with Crippen molar-refractivity contribution in [1.29, 1.82) is 0 Å². The van der Waals surface area contributed by atoms with Crippen LogP contribution < -0.4 is 5.32 Å². The first kappa shape index (κ1) is 16.8. The summed E-state index contributed by atoms with van der Waals surface area (Å²) in [5.74, 6) is 2.33. The Morgan fingerprint density at radius 1 is 1.19 bits per heavy atom. The highest BCUT2D eigenvalue weighted by atomic mass is 16.2. The number of carbonyl (C=O) groups is 1. The van der Waals surface area contributed by atoms with Crippen molar-refractivity contribution in [3.05, 3.63) is 0 Å². The number of amides is 1. The van der Waals surface area contributed by atoms with Crippen molar-refractivity contribution in [2.24, 2.45) is 17.8 Å². The number of nitrogens with one attached hydrogen (secondary N) is 1. The van der Waals surface area contributed by atoms with Gasteiger partial charge in [0.05, 0.1) is 12.2 Å². The van der Waals surface area contributed by atoms with Crippen LogP contribution in [0.5, 0.6) is 0 Å². The summed E-state index contributed by atoms with van der Waals surface area (Å²) in [4.78, 5) is 15.1. The minimum absolute atomic E-state index is 0.0449. The van der Waals surface area contributed by atoms with Crippen molar-refractivity contribution in [3.63, 3.8) is 0 Å². The summed E-state index contributed by atoms with van der Waals surface area (Å²) in [7, 11) is 0. The van der Waals surface area contributed by atoms with Crippen molar-refractivity contribution in [1.82, 2.24) is 10.2 Å². The average Bonchev–Trinajstić information content (AvgIpc) is 2.73. The molecule has 3 heteroatoms. The van der Waals surface area contributed by atoms with Crippen molar-refractivity contribution in [3.8, 4) is 0 Å². The lowest BCUT2D eigenvalue weighted by atomic mass is 9.76. The van der Waals surface area contributed by atoms with Gasteiger partial charge in [-0.1, -0.05) is 47.5 Å². The summed E-state index contributed by atoms with van der Waals surface area (Å²) in [5, 5.41) is 3.60. The first-order chi connectivity index (χ1) is 9.95. The molecule has 1 N–H and O–H groups in total. The standard InChI is InChI=1S/C18H34N2O/c1-6-15-18(21)20(17(19-15)11-12(2)3)16-10-8-7-9-14(16)13(4)5/h12-17,19H,6-11H2,1-5H3. The third-order valence-electron chi connectivity index (χ3n) is 5.38. The number of carbonyl (C=O) groups excluding carboxylic acids is 1. The van der Waals surface area contributed by atoms with Crippen LogP contribution in [0.3, 0.4) is 0 Å². The number of rotatable bonds is 5. The topological polar surface area (TPSA) is 32.3 Å². The fourth-order valence-corrected chi connectivity index (χ4v) is 4.30. The molecule has 0 aromatic rings. The molecule has 2 fully saturated rings. The molecule has 0 aromatic heterocycles. The molecular formula is C18H34N2O. The molecule has 0 aromatic carbocycles. The van der Waals surface area contributed by atoms with E-state index in [2.05, 4.69) is 44.8 Å². The van der Waals surface area contributed by atoms with Crippen LogP contribution in [0.1, 0.15) is 73.1 Å². The summed E-state index contributed by atoms with van der Waals surface area (Å²) >= 11 is 0. The molecule has 3 nitrogen and oxygen atoms in total. The predicted octanol–water partition coefficient (Wildman–Crippen LogP) is 3.78. The van der Waals surface area contributed by atoms with Gasteiger partial charge in [-0.2, -0.15) is 0 Å². The molecule has 1 heterocycles. The van der Waals surface area contributed by atoms with Gasteiger partial charge in [-0.25, -0.2) is 0 Å². The van der Waals surface area contributed by atoms with E-state index in [-0.39, 0.29) is 12.2 Å². The van der Waals surface area contributed by atoms with Crippen LogP contribution in [0.4, 0.5) is 0 Å². The Balaban J connectivity index is 2.20. The summed E-state index contributed by atoms with van der Waals surface area (Å²) < 4.78 is 0. The average molecular weight is 294 g/mol. The smallest absolute Gasteiger partial charge is 0.241 e. The van der Waals surface area contributed by atoms with E-state index in [1.807, 2.05) is 0 Å². The Labute approximate surface area is 130 Å². The monoisotopic (exact) mass is 294 g/mol. The van der Waals surface area contributed by atoms with Crippen molar-refractivity contribution in [2.75, 3.05) is 0 Å². The first-order valence-electron chi connectivity index (χ1n) is 9.03. The molecule has 1 aliphatic heterocycles. The second-order valence-corrected chi connectivity index (χ2v) is 7.78. The lowest BCUT2D eigenvalue weighted by molar-refractivity contribution is -0.135. The Kier molecular flexibility index (Phi) is 5.70. The molecule has 122 valence electrons. The molecule has 1 saturated heterocycles. The molecule has 2 aliphatic rings. The van der Waals surface area contributed by atoms with Gasteiger partial charge in [-0.15, -0.1) is 0 Å². The minimum atomic E-state index is 0.0449. The van der Waals surface area contributed by atoms with Crippen LogP contribution >= 0.6 is 0 Å². The van der Waals surface area contributed by atoms with Crippen molar-refractivity contribution >= 4 is 5.91 Å². The number of hydrogen-bond donors (Lipinski definition) is 1. The fraction of sp³-hybridized carbons (Fsp3) is 0.944. The van der Waals surface area contributed by atoms with Crippen LogP contribution in [-0.2, 0) is 4.79 Å². The Morgan fingerprint density at radius 3 is 2.43 bits per heavy atom. The second kappa shape index (κ2) is 7.13. The molecule has 1 saturated carbocycles. The van der Waals surface area contributed by atoms with Crippen molar-refractivity contribution < 1.29 is 4.79 Å². The van der Waals surface area contributed by atoms with E-state index in [4.69, 9.17) is 0 Å². The molecule has 0 radical (unpaired) electrons. The highest BCUT2D eigenvalue weighted by Crippen LogP contribution is 2.37. The third-order valence-corrected chi connectivity index (χ3v) is 5.38. The van der Waals surface area contributed by atoms with Crippen LogP contribution in [0.25, 0.3) is 0 Å². The van der Waals surface area contributed by atoms with Gasteiger partial charge < -0.3 is 4.90 Å². The van der Waals surface area contributed by atoms with E-state index in [0.29, 0.717) is 29.7 Å². The molecule has 4 atom stereocenters. The van der Waals surface area contributed by atoms with E-state index in [9.17, 15) is 4.79 Å². The number of hydrogen-bond acceptors (Lipinski definition) is 2. The largest absolute Gasteiger partial charge is 0.323 e. The van der Waals surface area contributed by atoms with Crippen LogP contribution in [0, 0.1) is 17.8 Å².